The summed E-state index contributed by atoms with van der Waals surface area (Å²) < 4.78 is 55.6. The van der Waals surface area contributed by atoms with Crippen molar-refractivity contribution < 1.29 is 22.4 Å². The van der Waals surface area contributed by atoms with Crippen LogP contribution in [0.25, 0.3) is 22.2 Å². The number of aromatic nitrogens is 5. The highest BCUT2D eigenvalue weighted by atomic mass is 19.4. The van der Waals surface area contributed by atoms with Gasteiger partial charge in [0.15, 0.2) is 0 Å². The van der Waals surface area contributed by atoms with Gasteiger partial charge in [0.05, 0.1) is 23.1 Å². The van der Waals surface area contributed by atoms with E-state index in [1.54, 1.807) is 0 Å². The van der Waals surface area contributed by atoms with E-state index in [2.05, 4.69) is 20.5 Å². The second-order valence-corrected chi connectivity index (χ2v) is 7.98. The lowest BCUT2D eigenvalue weighted by Gasteiger charge is -2.26. The zero-order valence-corrected chi connectivity index (χ0v) is 17.4. The number of carbonyl (C=O) groups is 1. The Morgan fingerprint density at radius 2 is 2.03 bits per heavy atom. The number of hydrogen-bond donors (Lipinski definition) is 1. The number of rotatable bonds is 3. The SMILES string of the molecule is Cc1n[nH]c2ccc(-c3cn(C4CCc5c(F)cccc5N(CC(F)(F)F)C4=O)nn3)cc12. The Hall–Kier alpha value is -3.76. The van der Waals surface area contributed by atoms with Gasteiger partial charge in [-0.25, -0.2) is 9.07 Å². The lowest BCUT2D eigenvalue weighted by atomic mass is 10.1. The van der Waals surface area contributed by atoms with Gasteiger partial charge in [0.2, 0.25) is 0 Å². The maximum atomic E-state index is 14.4. The summed E-state index contributed by atoms with van der Waals surface area (Å²) in [5, 5.41) is 16.1. The molecule has 7 nitrogen and oxygen atoms in total. The van der Waals surface area contributed by atoms with Crippen LogP contribution in [-0.2, 0) is 11.2 Å². The standard InChI is InChI=1S/C22H18F4N6O/c1-12-15-9-13(5-7-17(15)28-27-12)18-10-32(30-29-18)20-8-6-14-16(23)3-2-4-19(14)31(21(20)33)11-22(24,25)26/h2-5,7,9-10,20H,6,8,11H2,1H3,(H,27,28). The Morgan fingerprint density at radius 1 is 1.21 bits per heavy atom. The van der Waals surface area contributed by atoms with Crippen molar-refractivity contribution in [3.63, 3.8) is 0 Å². The van der Waals surface area contributed by atoms with Gasteiger partial charge >= 0.3 is 6.18 Å². The summed E-state index contributed by atoms with van der Waals surface area (Å²) in [5.41, 5.74) is 2.85. The molecule has 1 unspecified atom stereocenters. The number of aromatic amines is 1. The van der Waals surface area contributed by atoms with E-state index in [1.807, 2.05) is 25.1 Å². The smallest absolute Gasteiger partial charge is 0.301 e. The molecule has 0 saturated heterocycles. The minimum atomic E-state index is -4.65. The van der Waals surface area contributed by atoms with Gasteiger partial charge < -0.3 is 4.90 Å². The molecule has 1 amide bonds. The molecule has 0 aliphatic carbocycles. The van der Waals surface area contributed by atoms with Gasteiger partial charge in [-0.3, -0.25) is 9.89 Å². The van der Waals surface area contributed by atoms with Crippen molar-refractivity contribution in [3.05, 3.63) is 59.7 Å². The molecular weight excluding hydrogens is 440 g/mol. The van der Waals surface area contributed by atoms with Crippen LogP contribution in [-0.4, -0.2) is 43.8 Å². The Kier molecular flexibility index (Phi) is 4.91. The number of nitrogens with one attached hydrogen (secondary N) is 1. The first-order chi connectivity index (χ1) is 15.7. The van der Waals surface area contributed by atoms with Crippen LogP contribution in [0.2, 0.25) is 0 Å². The normalized spacial score (nSPS) is 16.8. The van der Waals surface area contributed by atoms with Crippen LogP contribution in [0.5, 0.6) is 0 Å². The number of H-pyrrole nitrogens is 1. The van der Waals surface area contributed by atoms with Crippen LogP contribution in [0.1, 0.15) is 23.7 Å². The van der Waals surface area contributed by atoms with Crippen molar-refractivity contribution in [2.24, 2.45) is 0 Å². The van der Waals surface area contributed by atoms with E-state index < -0.39 is 30.5 Å². The van der Waals surface area contributed by atoms with Crippen molar-refractivity contribution in [2.45, 2.75) is 32.0 Å². The van der Waals surface area contributed by atoms with Crippen molar-refractivity contribution in [3.8, 4) is 11.3 Å². The fraction of sp³-hybridized carbons (Fsp3) is 0.273. The summed E-state index contributed by atoms with van der Waals surface area (Å²) in [6, 6.07) is 8.27. The summed E-state index contributed by atoms with van der Waals surface area (Å²) in [7, 11) is 0. The van der Waals surface area contributed by atoms with E-state index in [9.17, 15) is 22.4 Å². The molecule has 1 aliphatic heterocycles. The molecule has 3 heterocycles. The monoisotopic (exact) mass is 458 g/mol. The summed E-state index contributed by atoms with van der Waals surface area (Å²) in [6.45, 7) is 0.340. The summed E-state index contributed by atoms with van der Waals surface area (Å²) >= 11 is 0. The van der Waals surface area contributed by atoms with Crippen LogP contribution in [0, 0.1) is 12.7 Å². The number of halogens is 4. The predicted molar refractivity (Wildman–Crippen MR) is 112 cm³/mol. The van der Waals surface area contributed by atoms with E-state index in [0.717, 1.165) is 22.2 Å². The summed E-state index contributed by atoms with van der Waals surface area (Å²) in [6.07, 6.45) is -2.96. The lowest BCUT2D eigenvalue weighted by molar-refractivity contribution is -0.134. The van der Waals surface area contributed by atoms with Crippen LogP contribution in [0.4, 0.5) is 23.2 Å². The molecule has 2 aromatic heterocycles. The van der Waals surface area contributed by atoms with E-state index in [0.29, 0.717) is 10.6 Å². The molecule has 1 aliphatic rings. The number of carbonyl (C=O) groups excluding carboxylic acids is 1. The quantitative estimate of drug-likeness (QED) is 0.463. The third kappa shape index (κ3) is 3.83. The van der Waals surface area contributed by atoms with Crippen LogP contribution < -0.4 is 4.90 Å². The number of fused-ring (bicyclic) bond motifs is 2. The first-order valence-electron chi connectivity index (χ1n) is 10.2. The number of amides is 1. The molecule has 0 spiro atoms. The van der Waals surface area contributed by atoms with Crippen LogP contribution in [0.15, 0.2) is 42.6 Å². The fourth-order valence-electron chi connectivity index (χ4n) is 4.20. The van der Waals surface area contributed by atoms with Gasteiger partial charge in [0.1, 0.15) is 24.1 Å². The average molecular weight is 458 g/mol. The van der Waals surface area contributed by atoms with Gasteiger partial charge in [-0.1, -0.05) is 17.3 Å². The molecule has 0 fully saturated rings. The Balaban J connectivity index is 1.52. The van der Waals surface area contributed by atoms with Crippen molar-refractivity contribution in [1.82, 2.24) is 25.2 Å². The molecule has 5 rings (SSSR count). The maximum Gasteiger partial charge on any atom is 0.406 e. The van der Waals surface area contributed by atoms with E-state index in [-0.39, 0.29) is 24.1 Å². The minimum Gasteiger partial charge on any atom is -0.301 e. The average Bonchev–Trinajstić information content (AvgIpc) is 3.36. The summed E-state index contributed by atoms with van der Waals surface area (Å²) in [5.74, 6) is -1.45. The molecule has 11 heteroatoms. The zero-order chi connectivity index (χ0) is 23.3. The predicted octanol–water partition coefficient (Wildman–Crippen LogP) is 4.35. The topological polar surface area (TPSA) is 79.7 Å². The van der Waals surface area contributed by atoms with Crippen LogP contribution in [0.3, 0.4) is 0 Å². The van der Waals surface area contributed by atoms with Crippen molar-refractivity contribution >= 4 is 22.5 Å². The fourth-order valence-corrected chi connectivity index (χ4v) is 4.20. The molecule has 4 aromatic rings. The Labute approximate surface area is 185 Å². The number of nitrogens with zero attached hydrogens (tertiary/aromatic N) is 5. The Morgan fingerprint density at radius 3 is 2.82 bits per heavy atom. The van der Waals surface area contributed by atoms with Crippen molar-refractivity contribution in [2.75, 3.05) is 11.4 Å². The molecule has 0 saturated carbocycles. The van der Waals surface area contributed by atoms with Crippen molar-refractivity contribution in [1.29, 1.82) is 0 Å². The van der Waals surface area contributed by atoms with E-state index in [1.165, 1.54) is 29.1 Å². The van der Waals surface area contributed by atoms with Gasteiger partial charge in [-0.05, 0) is 44.0 Å². The molecule has 0 radical (unpaired) electrons. The highest BCUT2D eigenvalue weighted by Gasteiger charge is 2.40. The second kappa shape index (κ2) is 7.68. The van der Waals surface area contributed by atoms with Gasteiger partial charge in [-0.2, -0.15) is 18.3 Å². The molecule has 2 aromatic carbocycles. The van der Waals surface area contributed by atoms with E-state index in [4.69, 9.17) is 0 Å². The first kappa shape index (κ1) is 21.1. The highest BCUT2D eigenvalue weighted by Crippen LogP contribution is 2.35. The molecule has 170 valence electrons. The number of anilines is 1. The third-order valence-electron chi connectivity index (χ3n) is 5.82. The van der Waals surface area contributed by atoms with Gasteiger partial charge in [-0.15, -0.1) is 5.10 Å². The lowest BCUT2D eigenvalue weighted by Crippen LogP contribution is -2.42. The number of aryl methyl sites for hydroxylation is 1. The molecule has 1 atom stereocenters. The second-order valence-electron chi connectivity index (χ2n) is 7.98. The number of alkyl halides is 3. The van der Waals surface area contributed by atoms with Gasteiger partial charge in [0, 0.05) is 16.5 Å². The number of benzene rings is 2. The largest absolute Gasteiger partial charge is 0.406 e. The Bertz CT molecular complexity index is 1360. The minimum absolute atomic E-state index is 0.0685. The number of hydrogen-bond acceptors (Lipinski definition) is 4. The zero-order valence-electron chi connectivity index (χ0n) is 17.4. The van der Waals surface area contributed by atoms with Crippen LogP contribution >= 0.6 is 0 Å². The summed E-state index contributed by atoms with van der Waals surface area (Å²) in [4.78, 5) is 13.8. The highest BCUT2D eigenvalue weighted by molar-refractivity contribution is 5.97. The third-order valence-corrected chi connectivity index (χ3v) is 5.82. The first-order valence-corrected chi connectivity index (χ1v) is 10.2. The molecule has 0 bridgehead atoms. The maximum absolute atomic E-state index is 14.4. The molecule has 33 heavy (non-hydrogen) atoms. The molecular formula is C22H18F4N6O. The van der Waals surface area contributed by atoms with Gasteiger partial charge in [0.25, 0.3) is 5.91 Å². The van der Waals surface area contributed by atoms with E-state index >= 15 is 0 Å². The molecule has 1 N–H and O–H groups in total.